The lowest BCUT2D eigenvalue weighted by atomic mass is 9.77. The van der Waals surface area contributed by atoms with Crippen molar-refractivity contribution in [2.75, 3.05) is 0 Å². The molecule has 2 aromatic heterocycles. The normalized spacial score (nSPS) is 16.3. The molecule has 0 bridgehead atoms. The third-order valence-corrected chi connectivity index (χ3v) is 8.19. The van der Waals surface area contributed by atoms with Crippen LogP contribution in [0.1, 0.15) is 27.7 Å². The van der Waals surface area contributed by atoms with Gasteiger partial charge in [0.25, 0.3) is 0 Å². The van der Waals surface area contributed by atoms with E-state index in [1.165, 1.54) is 0 Å². The van der Waals surface area contributed by atoms with Crippen LogP contribution in [0, 0.1) is 0 Å². The van der Waals surface area contributed by atoms with Crippen molar-refractivity contribution >= 4 is 12.6 Å². The minimum atomic E-state index is -0.604. The second-order valence-corrected chi connectivity index (χ2v) is 11.4. The number of aromatic nitrogens is 2. The van der Waals surface area contributed by atoms with E-state index < -0.39 is 18.3 Å². The fraction of sp³-hybridized carbons (Fsp3) is 0.176. The van der Waals surface area contributed by atoms with Crippen molar-refractivity contribution in [2.24, 2.45) is 0 Å². The minimum Gasteiger partial charge on any atom is -0.450 e. The zero-order chi connectivity index (χ0) is 28.2. The van der Waals surface area contributed by atoms with Gasteiger partial charge in [-0.05, 0) is 110 Å². The number of benzene rings is 3. The van der Waals surface area contributed by atoms with Crippen molar-refractivity contribution in [3.63, 3.8) is 0 Å². The van der Waals surface area contributed by atoms with E-state index in [0.717, 1.165) is 38.8 Å². The lowest BCUT2D eigenvalue weighted by Gasteiger charge is -2.32. The summed E-state index contributed by atoms with van der Waals surface area (Å²) in [7, 11) is -0.604. The molecule has 202 valence electrons. The summed E-state index contributed by atoms with van der Waals surface area (Å²) < 4.78 is 26.0. The van der Waals surface area contributed by atoms with Gasteiger partial charge in [0, 0.05) is 35.8 Å². The van der Waals surface area contributed by atoms with Gasteiger partial charge >= 0.3 is 7.12 Å². The molecule has 7 heteroatoms. The predicted molar refractivity (Wildman–Crippen MR) is 161 cm³/mol. The topological polar surface area (TPSA) is 62.7 Å². The van der Waals surface area contributed by atoms with E-state index in [0.29, 0.717) is 23.0 Å². The molecular weight excluding hydrogens is 511 g/mol. The Hall–Kier alpha value is -4.46. The van der Waals surface area contributed by atoms with Crippen LogP contribution >= 0.6 is 0 Å². The molecule has 2 aliphatic heterocycles. The summed E-state index contributed by atoms with van der Waals surface area (Å²) in [5.74, 6) is 2.54. The Morgan fingerprint density at radius 3 is 1.56 bits per heavy atom. The van der Waals surface area contributed by atoms with E-state index in [9.17, 15) is 0 Å². The van der Waals surface area contributed by atoms with Gasteiger partial charge in [0.2, 0.25) is 0 Å². The maximum Gasteiger partial charge on any atom is 0.498 e. The third-order valence-electron chi connectivity index (χ3n) is 8.19. The molecule has 7 rings (SSSR count). The van der Waals surface area contributed by atoms with Gasteiger partial charge in [0.05, 0.1) is 11.2 Å². The molecule has 0 aliphatic carbocycles. The van der Waals surface area contributed by atoms with Gasteiger partial charge in [0.1, 0.15) is 0 Å². The summed E-state index contributed by atoms with van der Waals surface area (Å²) in [4.78, 5) is 8.42. The van der Waals surface area contributed by atoms with Crippen LogP contribution in [0.2, 0.25) is 0 Å². The van der Waals surface area contributed by atoms with Crippen molar-refractivity contribution in [3.8, 4) is 56.4 Å². The zero-order valence-corrected chi connectivity index (χ0v) is 23.4. The average Bonchev–Trinajstić information content (AvgIpc) is 3.22. The number of fused-ring (bicyclic) bond motifs is 2. The number of hydrogen-bond acceptors (Lipinski definition) is 6. The predicted octanol–water partition coefficient (Wildman–Crippen LogP) is 7.67. The molecular formula is C34H29BN2O4. The van der Waals surface area contributed by atoms with Crippen molar-refractivity contribution in [1.82, 2.24) is 9.97 Å². The first-order valence-electron chi connectivity index (χ1n) is 13.7. The molecule has 1 saturated heterocycles. The summed E-state index contributed by atoms with van der Waals surface area (Å²) >= 11 is 0. The van der Waals surface area contributed by atoms with Crippen LogP contribution in [-0.2, 0) is 9.31 Å². The Kier molecular flexibility index (Phi) is 5.96. The average molecular weight is 540 g/mol. The van der Waals surface area contributed by atoms with Gasteiger partial charge in [-0.2, -0.15) is 0 Å². The molecule has 6 nitrogen and oxygen atoms in total. The second-order valence-electron chi connectivity index (χ2n) is 11.4. The molecule has 0 saturated carbocycles. The summed E-state index contributed by atoms with van der Waals surface area (Å²) in [5, 5.41) is 0. The molecule has 0 radical (unpaired) electrons. The Morgan fingerprint density at radius 1 is 0.537 bits per heavy atom. The molecule has 3 aromatic carbocycles. The van der Waals surface area contributed by atoms with Crippen molar-refractivity contribution in [2.45, 2.75) is 38.9 Å². The van der Waals surface area contributed by atoms with Crippen molar-refractivity contribution < 1.29 is 18.8 Å². The summed E-state index contributed by atoms with van der Waals surface area (Å²) in [5.41, 5.74) is 5.98. The number of nitrogens with zero attached hydrogens (tertiary/aromatic N) is 2. The molecule has 41 heavy (non-hydrogen) atoms. The smallest absolute Gasteiger partial charge is 0.450 e. The van der Waals surface area contributed by atoms with E-state index in [1.54, 1.807) is 0 Å². The lowest BCUT2D eigenvalue weighted by molar-refractivity contribution is 0.00578. The Balaban J connectivity index is 1.42. The van der Waals surface area contributed by atoms with Gasteiger partial charge < -0.3 is 18.8 Å². The highest BCUT2D eigenvalue weighted by molar-refractivity contribution is 6.63. The summed E-state index contributed by atoms with van der Waals surface area (Å²) in [6, 6.07) is 26.4. The third kappa shape index (κ3) is 4.47. The van der Waals surface area contributed by atoms with E-state index in [1.807, 2.05) is 107 Å². The summed E-state index contributed by atoms with van der Waals surface area (Å²) in [6.45, 7) is 8.19. The highest BCUT2D eigenvalue weighted by Gasteiger charge is 2.53. The molecule has 4 heterocycles. The van der Waals surface area contributed by atoms with Crippen LogP contribution in [-0.4, -0.2) is 28.3 Å². The van der Waals surface area contributed by atoms with E-state index in [-0.39, 0.29) is 0 Å². The highest BCUT2D eigenvalue weighted by Crippen LogP contribution is 2.50. The van der Waals surface area contributed by atoms with Crippen LogP contribution in [0.4, 0.5) is 0 Å². The number of rotatable bonds is 4. The largest absolute Gasteiger partial charge is 0.498 e. The first-order valence-corrected chi connectivity index (χ1v) is 13.7. The molecule has 2 aliphatic rings. The number of ether oxygens (including phenoxy) is 2. The van der Waals surface area contributed by atoms with Gasteiger partial charge in [-0.3, -0.25) is 9.97 Å². The zero-order valence-electron chi connectivity index (χ0n) is 23.4. The monoisotopic (exact) mass is 540 g/mol. The van der Waals surface area contributed by atoms with Gasteiger partial charge in [-0.1, -0.05) is 24.3 Å². The van der Waals surface area contributed by atoms with Crippen LogP contribution in [0.3, 0.4) is 0 Å². The van der Waals surface area contributed by atoms with Crippen LogP contribution in [0.5, 0.6) is 23.0 Å². The maximum atomic E-state index is 6.60. The number of pyridine rings is 2. The van der Waals surface area contributed by atoms with E-state index in [2.05, 4.69) is 34.2 Å². The molecule has 1 fully saturated rings. The first kappa shape index (κ1) is 25.5. The molecule has 0 unspecified atom stereocenters. The first-order chi connectivity index (χ1) is 19.8. The van der Waals surface area contributed by atoms with E-state index in [4.69, 9.17) is 18.8 Å². The van der Waals surface area contributed by atoms with Crippen molar-refractivity contribution in [3.05, 3.63) is 104 Å². The van der Waals surface area contributed by atoms with Gasteiger partial charge in [-0.25, -0.2) is 0 Å². The Bertz CT molecular complexity index is 1680. The molecule has 0 amide bonds. The fourth-order valence-corrected chi connectivity index (χ4v) is 5.21. The molecule has 0 atom stereocenters. The molecule has 5 aromatic rings. The standard InChI is InChI=1S/C34H29BN2O4/c1-33(2)34(3,4)41-35(40-33)28-10-9-27(31-32(28)39-30-8-6-5-7-29(30)38-31)26-20-24(22-11-15-36-16-12-22)19-25(21-26)23-13-17-37-18-14-23/h5-21H,1-4H3. The van der Waals surface area contributed by atoms with Crippen LogP contribution in [0.25, 0.3) is 33.4 Å². The van der Waals surface area contributed by atoms with Crippen LogP contribution < -0.4 is 14.9 Å². The Labute approximate surface area is 240 Å². The van der Waals surface area contributed by atoms with Gasteiger partial charge in [0.15, 0.2) is 23.0 Å². The quantitative estimate of drug-likeness (QED) is 0.214. The molecule has 0 N–H and O–H groups in total. The van der Waals surface area contributed by atoms with E-state index >= 15 is 0 Å². The number of para-hydroxylation sites is 2. The number of hydrogen-bond donors (Lipinski definition) is 0. The second kappa shape index (κ2) is 9.58. The summed E-state index contributed by atoms with van der Waals surface area (Å²) in [6.07, 6.45) is 7.24. The Morgan fingerprint density at radius 2 is 1.02 bits per heavy atom. The van der Waals surface area contributed by atoms with Crippen molar-refractivity contribution in [1.29, 1.82) is 0 Å². The highest BCUT2D eigenvalue weighted by atomic mass is 16.7. The SMILES string of the molecule is CC1(C)OB(c2ccc(-c3cc(-c4ccncc4)cc(-c4ccncc4)c3)c3c2Oc2ccccc2O3)OC1(C)C. The molecule has 0 spiro atoms. The fourth-order valence-electron chi connectivity index (χ4n) is 5.21. The van der Waals surface area contributed by atoms with Gasteiger partial charge in [-0.15, -0.1) is 0 Å². The lowest BCUT2D eigenvalue weighted by Crippen LogP contribution is -2.41. The minimum absolute atomic E-state index is 0.491. The van der Waals surface area contributed by atoms with Crippen LogP contribution in [0.15, 0.2) is 104 Å². The maximum absolute atomic E-state index is 6.60.